The van der Waals surface area contributed by atoms with Crippen LogP contribution in [0.4, 0.5) is 30.2 Å². The van der Waals surface area contributed by atoms with Crippen LogP contribution in [0.1, 0.15) is 16.7 Å². The lowest BCUT2D eigenvalue weighted by Gasteiger charge is -2.14. The van der Waals surface area contributed by atoms with Gasteiger partial charge in [0.25, 0.3) is 0 Å². The van der Waals surface area contributed by atoms with E-state index in [4.69, 9.17) is 11.0 Å². The van der Waals surface area contributed by atoms with Crippen molar-refractivity contribution in [1.82, 2.24) is 0 Å². The van der Waals surface area contributed by atoms with Gasteiger partial charge in [0, 0.05) is 17.1 Å². The first-order valence-corrected chi connectivity index (χ1v) is 6.06. The number of nitrogens with two attached hydrogens (primary N) is 1. The fourth-order valence-electron chi connectivity index (χ4n) is 1.88. The van der Waals surface area contributed by atoms with Crippen LogP contribution in [-0.4, -0.2) is 0 Å². The molecule has 108 valence electrons. The molecular weight excluding hydrogens is 279 g/mol. The summed E-state index contributed by atoms with van der Waals surface area (Å²) in [5, 5.41) is 11.6. The Labute approximate surface area is 119 Å². The first-order chi connectivity index (χ1) is 9.81. The van der Waals surface area contributed by atoms with Crippen LogP contribution in [0.3, 0.4) is 0 Å². The maximum absolute atomic E-state index is 12.9. The first kappa shape index (κ1) is 14.7. The van der Waals surface area contributed by atoms with Gasteiger partial charge in [-0.2, -0.15) is 18.4 Å². The average molecular weight is 291 g/mol. The van der Waals surface area contributed by atoms with E-state index >= 15 is 0 Å². The van der Waals surface area contributed by atoms with Crippen molar-refractivity contribution in [3.8, 4) is 6.07 Å². The Morgan fingerprint density at radius 2 is 1.86 bits per heavy atom. The number of hydrogen-bond acceptors (Lipinski definition) is 3. The number of nitrogens with one attached hydrogen (secondary N) is 1. The predicted molar refractivity (Wildman–Crippen MR) is 75.0 cm³/mol. The lowest BCUT2D eigenvalue weighted by atomic mass is 10.1. The molecule has 2 rings (SSSR count). The number of anilines is 3. The van der Waals surface area contributed by atoms with Crippen molar-refractivity contribution in [3.63, 3.8) is 0 Å². The maximum Gasteiger partial charge on any atom is 0.417 e. The second-order valence-corrected chi connectivity index (χ2v) is 4.57. The second kappa shape index (κ2) is 5.37. The molecule has 0 aliphatic rings. The highest BCUT2D eigenvalue weighted by atomic mass is 19.4. The molecule has 21 heavy (non-hydrogen) atoms. The number of alkyl halides is 3. The van der Waals surface area contributed by atoms with Crippen LogP contribution in [0, 0.1) is 18.3 Å². The monoisotopic (exact) mass is 291 g/mol. The Kier molecular flexibility index (Phi) is 3.76. The molecule has 0 aromatic heterocycles. The molecule has 3 N–H and O–H groups in total. The summed E-state index contributed by atoms with van der Waals surface area (Å²) in [6.07, 6.45) is -4.58. The van der Waals surface area contributed by atoms with Gasteiger partial charge in [-0.25, -0.2) is 0 Å². The van der Waals surface area contributed by atoms with E-state index in [9.17, 15) is 13.2 Å². The Balaban J connectivity index is 2.42. The normalized spacial score (nSPS) is 11.0. The Morgan fingerprint density at radius 3 is 2.48 bits per heavy atom. The SMILES string of the molecule is Cc1ccc(N)cc1Nc1ccc(C#N)c(C(F)(F)F)c1. The fourth-order valence-corrected chi connectivity index (χ4v) is 1.88. The van der Waals surface area contributed by atoms with Gasteiger partial charge in [-0.05, 0) is 42.8 Å². The van der Waals surface area contributed by atoms with Crippen LogP contribution in [0.25, 0.3) is 0 Å². The fraction of sp³-hybridized carbons (Fsp3) is 0.133. The number of nitrogen functional groups attached to an aromatic ring is 1. The molecule has 0 saturated heterocycles. The minimum absolute atomic E-state index is 0.245. The van der Waals surface area contributed by atoms with Crippen molar-refractivity contribution in [2.75, 3.05) is 11.1 Å². The van der Waals surface area contributed by atoms with E-state index in [1.54, 1.807) is 24.3 Å². The molecule has 0 fully saturated rings. The Hall–Kier alpha value is -2.68. The zero-order chi connectivity index (χ0) is 15.6. The highest BCUT2D eigenvalue weighted by molar-refractivity contribution is 5.68. The summed E-state index contributed by atoms with van der Waals surface area (Å²) < 4.78 is 38.7. The number of benzene rings is 2. The first-order valence-electron chi connectivity index (χ1n) is 6.06. The summed E-state index contributed by atoms with van der Waals surface area (Å²) in [4.78, 5) is 0. The lowest BCUT2D eigenvalue weighted by molar-refractivity contribution is -0.137. The van der Waals surface area contributed by atoms with Gasteiger partial charge in [0.2, 0.25) is 0 Å². The van der Waals surface area contributed by atoms with Crippen molar-refractivity contribution < 1.29 is 13.2 Å². The molecule has 0 atom stereocenters. The number of hydrogen-bond donors (Lipinski definition) is 2. The van der Waals surface area contributed by atoms with Crippen molar-refractivity contribution >= 4 is 17.1 Å². The van der Waals surface area contributed by atoms with Crippen molar-refractivity contribution in [2.45, 2.75) is 13.1 Å². The molecule has 2 aromatic carbocycles. The zero-order valence-electron chi connectivity index (χ0n) is 11.1. The van der Waals surface area contributed by atoms with Gasteiger partial charge in [0.15, 0.2) is 0 Å². The summed E-state index contributed by atoms with van der Waals surface area (Å²) in [5.41, 5.74) is 6.52. The highest BCUT2D eigenvalue weighted by Gasteiger charge is 2.33. The van der Waals surface area contributed by atoms with Crippen LogP contribution in [-0.2, 0) is 6.18 Å². The molecule has 0 radical (unpaired) electrons. The van der Waals surface area contributed by atoms with Crippen molar-refractivity contribution in [3.05, 3.63) is 53.1 Å². The van der Waals surface area contributed by atoms with Crippen LogP contribution < -0.4 is 11.1 Å². The second-order valence-electron chi connectivity index (χ2n) is 4.57. The standard InChI is InChI=1S/C15H12F3N3/c1-9-2-4-11(20)6-14(9)21-12-5-3-10(8-19)13(7-12)15(16,17)18/h2-7,21H,20H2,1H3. The van der Waals surface area contributed by atoms with E-state index in [1.807, 2.05) is 6.92 Å². The van der Waals surface area contributed by atoms with E-state index in [-0.39, 0.29) is 5.69 Å². The third-order valence-corrected chi connectivity index (χ3v) is 2.99. The molecular formula is C15H12F3N3. The molecule has 3 nitrogen and oxygen atoms in total. The molecule has 0 aliphatic carbocycles. The van der Waals surface area contributed by atoms with Gasteiger partial charge < -0.3 is 11.1 Å². The molecule has 0 spiro atoms. The Bertz CT molecular complexity index is 715. The van der Waals surface area contributed by atoms with E-state index in [1.165, 1.54) is 6.07 Å². The zero-order valence-corrected chi connectivity index (χ0v) is 11.1. The van der Waals surface area contributed by atoms with Gasteiger partial charge in [-0.3, -0.25) is 0 Å². The summed E-state index contributed by atoms with van der Waals surface area (Å²) in [6.45, 7) is 1.82. The lowest BCUT2D eigenvalue weighted by Crippen LogP contribution is -2.08. The van der Waals surface area contributed by atoms with Crippen molar-refractivity contribution in [1.29, 1.82) is 5.26 Å². The van der Waals surface area contributed by atoms with E-state index in [2.05, 4.69) is 5.32 Å². The highest BCUT2D eigenvalue weighted by Crippen LogP contribution is 2.34. The summed E-state index contributed by atoms with van der Waals surface area (Å²) in [5.74, 6) is 0. The van der Waals surface area contributed by atoms with Gasteiger partial charge in [0.05, 0.1) is 17.2 Å². The van der Waals surface area contributed by atoms with Crippen LogP contribution in [0.15, 0.2) is 36.4 Å². The quantitative estimate of drug-likeness (QED) is 0.815. The van der Waals surface area contributed by atoms with Gasteiger partial charge in [-0.15, -0.1) is 0 Å². The molecule has 0 bridgehead atoms. The van der Waals surface area contributed by atoms with Crippen LogP contribution >= 0.6 is 0 Å². The summed E-state index contributed by atoms with van der Waals surface area (Å²) in [7, 11) is 0. The predicted octanol–water partition coefficient (Wildman–Crippen LogP) is 4.21. The molecule has 0 aliphatic heterocycles. The van der Waals surface area contributed by atoms with E-state index in [0.29, 0.717) is 11.4 Å². The third kappa shape index (κ3) is 3.26. The minimum atomic E-state index is -4.58. The van der Waals surface area contributed by atoms with E-state index < -0.39 is 17.3 Å². The largest absolute Gasteiger partial charge is 0.417 e. The summed E-state index contributed by atoms with van der Waals surface area (Å²) in [6, 6.07) is 10.2. The van der Waals surface area contributed by atoms with E-state index in [0.717, 1.165) is 17.7 Å². The number of nitrogens with zero attached hydrogens (tertiary/aromatic N) is 1. The number of aryl methyl sites for hydroxylation is 1. The topological polar surface area (TPSA) is 61.8 Å². The molecule has 0 heterocycles. The average Bonchev–Trinajstić information content (AvgIpc) is 2.42. The molecule has 2 aromatic rings. The molecule has 6 heteroatoms. The number of halogens is 3. The van der Waals surface area contributed by atoms with Crippen molar-refractivity contribution in [2.24, 2.45) is 0 Å². The van der Waals surface area contributed by atoms with Crippen LogP contribution in [0.2, 0.25) is 0 Å². The number of nitriles is 1. The Morgan fingerprint density at radius 1 is 1.14 bits per heavy atom. The van der Waals surface area contributed by atoms with Gasteiger partial charge >= 0.3 is 6.18 Å². The molecule has 0 saturated carbocycles. The maximum atomic E-state index is 12.9. The molecule has 0 amide bonds. The summed E-state index contributed by atoms with van der Waals surface area (Å²) >= 11 is 0. The van der Waals surface area contributed by atoms with Gasteiger partial charge in [0.1, 0.15) is 0 Å². The third-order valence-electron chi connectivity index (χ3n) is 2.99. The smallest absolute Gasteiger partial charge is 0.399 e. The van der Waals surface area contributed by atoms with Crippen LogP contribution in [0.5, 0.6) is 0 Å². The van der Waals surface area contributed by atoms with Gasteiger partial charge in [-0.1, -0.05) is 6.07 Å². The number of rotatable bonds is 2. The minimum Gasteiger partial charge on any atom is -0.399 e. The molecule has 0 unspecified atom stereocenters.